The van der Waals surface area contributed by atoms with E-state index in [4.69, 9.17) is 9.84 Å². The molecule has 0 aliphatic carbocycles. The van der Waals surface area contributed by atoms with Crippen molar-refractivity contribution in [3.8, 4) is 11.6 Å². The van der Waals surface area contributed by atoms with Crippen LogP contribution in [0.5, 0.6) is 11.6 Å². The summed E-state index contributed by atoms with van der Waals surface area (Å²) in [5, 5.41) is 11.1. The Labute approximate surface area is 119 Å². The first kappa shape index (κ1) is 14.9. The molecule has 2 N–H and O–H groups in total. The van der Waals surface area contributed by atoms with Crippen LogP contribution in [0, 0.1) is 11.6 Å². The zero-order valence-electron chi connectivity index (χ0n) is 10.8. The normalized spacial score (nSPS) is 10.2. The van der Waals surface area contributed by atoms with Crippen LogP contribution in [0.3, 0.4) is 0 Å². The predicted octanol–water partition coefficient (Wildman–Crippen LogP) is 1.76. The summed E-state index contributed by atoms with van der Waals surface area (Å²) in [5.41, 5.74) is 0.489. The molecule has 0 fully saturated rings. The van der Waals surface area contributed by atoms with Gasteiger partial charge in [0.15, 0.2) is 11.6 Å². The number of hydrogen-bond acceptors (Lipinski definition) is 4. The number of rotatable bonds is 5. The molecule has 0 atom stereocenters. The molecule has 0 bridgehead atoms. The maximum atomic E-state index is 13.5. The molecular formula is C14H12F2N2O3. The lowest BCUT2D eigenvalue weighted by Gasteiger charge is -2.11. The fourth-order valence-electron chi connectivity index (χ4n) is 1.56. The molecular weight excluding hydrogens is 282 g/mol. The molecule has 110 valence electrons. The van der Waals surface area contributed by atoms with E-state index in [1.165, 1.54) is 6.20 Å². The molecule has 5 nitrogen and oxygen atoms in total. The standard InChI is InChI=1S/C14H12F2N2O3/c15-10-3-4-12(11(16)6-10)21-14-9(2-1-5-17-14)7-18-13(20)8-19/h1-6,19H,7-8H2,(H,18,20). The molecule has 0 aliphatic rings. The zero-order chi connectivity index (χ0) is 15.2. The number of hydrogen-bond donors (Lipinski definition) is 2. The molecule has 1 aromatic heterocycles. The van der Waals surface area contributed by atoms with E-state index < -0.39 is 24.1 Å². The fraction of sp³-hybridized carbons (Fsp3) is 0.143. The SMILES string of the molecule is O=C(CO)NCc1cccnc1Oc1ccc(F)cc1F. The largest absolute Gasteiger partial charge is 0.436 e. The van der Waals surface area contributed by atoms with E-state index in [0.29, 0.717) is 11.6 Å². The van der Waals surface area contributed by atoms with Crippen molar-refractivity contribution in [2.45, 2.75) is 6.54 Å². The Morgan fingerprint density at radius 2 is 2.14 bits per heavy atom. The highest BCUT2D eigenvalue weighted by molar-refractivity contribution is 5.76. The summed E-state index contributed by atoms with van der Waals surface area (Å²) in [5.74, 6) is -2.22. The number of aliphatic hydroxyl groups is 1. The third kappa shape index (κ3) is 3.96. The summed E-state index contributed by atoms with van der Waals surface area (Å²) >= 11 is 0. The minimum Gasteiger partial charge on any atom is -0.436 e. The minimum absolute atomic E-state index is 0.0609. The van der Waals surface area contributed by atoms with Crippen molar-refractivity contribution in [3.63, 3.8) is 0 Å². The second kappa shape index (κ2) is 6.76. The van der Waals surface area contributed by atoms with E-state index in [2.05, 4.69) is 10.3 Å². The van der Waals surface area contributed by atoms with Crippen LogP contribution in [0.1, 0.15) is 5.56 Å². The van der Waals surface area contributed by atoms with Crippen molar-refractivity contribution in [2.75, 3.05) is 6.61 Å². The van der Waals surface area contributed by atoms with Gasteiger partial charge in [-0.3, -0.25) is 4.79 Å². The molecule has 1 aromatic carbocycles. The van der Waals surface area contributed by atoms with Gasteiger partial charge < -0.3 is 15.2 Å². The van der Waals surface area contributed by atoms with Crippen LogP contribution in [0.15, 0.2) is 36.5 Å². The van der Waals surface area contributed by atoms with Gasteiger partial charge in [-0.2, -0.15) is 0 Å². The van der Waals surface area contributed by atoms with Gasteiger partial charge >= 0.3 is 0 Å². The highest BCUT2D eigenvalue weighted by atomic mass is 19.1. The molecule has 0 aliphatic heterocycles. The number of aliphatic hydroxyl groups excluding tert-OH is 1. The van der Waals surface area contributed by atoms with E-state index in [9.17, 15) is 13.6 Å². The number of nitrogens with zero attached hydrogens (tertiary/aromatic N) is 1. The topological polar surface area (TPSA) is 71.5 Å². The number of aromatic nitrogens is 1. The first-order valence-corrected chi connectivity index (χ1v) is 6.04. The smallest absolute Gasteiger partial charge is 0.245 e. The number of nitrogens with one attached hydrogen (secondary N) is 1. The van der Waals surface area contributed by atoms with Gasteiger partial charge in [0.25, 0.3) is 0 Å². The van der Waals surface area contributed by atoms with Gasteiger partial charge in [-0.05, 0) is 18.2 Å². The summed E-state index contributed by atoms with van der Waals surface area (Å²) in [6.07, 6.45) is 1.44. The van der Waals surface area contributed by atoms with Crippen molar-refractivity contribution in [2.24, 2.45) is 0 Å². The van der Waals surface area contributed by atoms with Gasteiger partial charge in [0.2, 0.25) is 11.8 Å². The Morgan fingerprint density at radius 1 is 1.33 bits per heavy atom. The van der Waals surface area contributed by atoms with Crippen LogP contribution in [0.4, 0.5) is 8.78 Å². The number of benzene rings is 1. The molecule has 1 heterocycles. The summed E-state index contributed by atoms with van der Waals surface area (Å²) < 4.78 is 31.7. The van der Waals surface area contributed by atoms with Gasteiger partial charge in [-0.15, -0.1) is 0 Å². The van der Waals surface area contributed by atoms with Crippen LogP contribution in [0.2, 0.25) is 0 Å². The average Bonchev–Trinajstić information content (AvgIpc) is 2.48. The molecule has 0 spiro atoms. The Kier molecular flexibility index (Phi) is 4.78. The lowest BCUT2D eigenvalue weighted by Crippen LogP contribution is -2.25. The maximum absolute atomic E-state index is 13.5. The molecule has 0 saturated heterocycles. The molecule has 0 unspecified atom stereocenters. The molecule has 1 amide bonds. The lowest BCUT2D eigenvalue weighted by molar-refractivity contribution is -0.123. The monoisotopic (exact) mass is 294 g/mol. The number of ether oxygens (including phenoxy) is 1. The second-order valence-corrected chi connectivity index (χ2v) is 4.08. The summed E-state index contributed by atoms with van der Waals surface area (Å²) in [6, 6.07) is 6.16. The van der Waals surface area contributed by atoms with Gasteiger partial charge in [-0.1, -0.05) is 6.07 Å². The Hall–Kier alpha value is -2.54. The van der Waals surface area contributed by atoms with Crippen molar-refractivity contribution >= 4 is 5.91 Å². The first-order valence-electron chi connectivity index (χ1n) is 6.04. The van der Waals surface area contributed by atoms with E-state index in [1.807, 2.05) is 0 Å². The zero-order valence-corrected chi connectivity index (χ0v) is 10.8. The molecule has 0 radical (unpaired) electrons. The number of pyridine rings is 1. The highest BCUT2D eigenvalue weighted by Gasteiger charge is 2.11. The number of halogens is 2. The van der Waals surface area contributed by atoms with Crippen LogP contribution < -0.4 is 10.1 Å². The van der Waals surface area contributed by atoms with Crippen LogP contribution >= 0.6 is 0 Å². The predicted molar refractivity (Wildman–Crippen MR) is 69.6 cm³/mol. The fourth-order valence-corrected chi connectivity index (χ4v) is 1.56. The van der Waals surface area contributed by atoms with E-state index in [1.54, 1.807) is 12.1 Å². The van der Waals surface area contributed by atoms with Crippen molar-refractivity contribution in [1.82, 2.24) is 10.3 Å². The Bertz CT molecular complexity index is 650. The Morgan fingerprint density at radius 3 is 2.86 bits per heavy atom. The van der Waals surface area contributed by atoms with E-state index >= 15 is 0 Å². The van der Waals surface area contributed by atoms with E-state index in [0.717, 1.165) is 12.1 Å². The van der Waals surface area contributed by atoms with Gasteiger partial charge in [0, 0.05) is 24.4 Å². The second-order valence-electron chi connectivity index (χ2n) is 4.08. The van der Waals surface area contributed by atoms with Crippen LogP contribution in [-0.2, 0) is 11.3 Å². The maximum Gasteiger partial charge on any atom is 0.245 e. The van der Waals surface area contributed by atoms with Crippen LogP contribution in [-0.4, -0.2) is 22.6 Å². The quantitative estimate of drug-likeness (QED) is 0.881. The number of carbonyl (C=O) groups is 1. The van der Waals surface area contributed by atoms with Gasteiger partial charge in [0.05, 0.1) is 0 Å². The summed E-state index contributed by atoms with van der Waals surface area (Å²) in [6.45, 7) is -0.575. The first-order chi connectivity index (χ1) is 10.1. The molecule has 2 rings (SSSR count). The highest BCUT2D eigenvalue weighted by Crippen LogP contribution is 2.25. The minimum atomic E-state index is -0.856. The van der Waals surface area contributed by atoms with Crippen molar-refractivity contribution in [3.05, 3.63) is 53.7 Å². The summed E-state index contributed by atoms with van der Waals surface area (Å²) in [7, 11) is 0. The third-order valence-corrected chi connectivity index (χ3v) is 2.57. The molecule has 7 heteroatoms. The third-order valence-electron chi connectivity index (χ3n) is 2.57. The number of carbonyl (C=O) groups excluding carboxylic acids is 1. The number of amides is 1. The molecule has 21 heavy (non-hydrogen) atoms. The van der Waals surface area contributed by atoms with E-state index in [-0.39, 0.29) is 18.2 Å². The van der Waals surface area contributed by atoms with Crippen molar-refractivity contribution in [1.29, 1.82) is 0 Å². The average molecular weight is 294 g/mol. The lowest BCUT2D eigenvalue weighted by atomic mass is 10.2. The van der Waals surface area contributed by atoms with Gasteiger partial charge in [0.1, 0.15) is 12.4 Å². The van der Waals surface area contributed by atoms with Gasteiger partial charge in [-0.25, -0.2) is 13.8 Å². The molecule has 2 aromatic rings. The van der Waals surface area contributed by atoms with Crippen molar-refractivity contribution < 1.29 is 23.4 Å². The molecule has 0 saturated carbocycles. The Balaban J connectivity index is 2.18. The summed E-state index contributed by atoms with van der Waals surface area (Å²) in [4.78, 5) is 15.0. The van der Waals surface area contributed by atoms with Crippen LogP contribution in [0.25, 0.3) is 0 Å².